The van der Waals surface area contributed by atoms with Crippen molar-refractivity contribution in [3.8, 4) is 0 Å². The van der Waals surface area contributed by atoms with Gasteiger partial charge in [-0.3, -0.25) is 9.67 Å². The molecule has 0 amide bonds. The van der Waals surface area contributed by atoms with Gasteiger partial charge in [-0.1, -0.05) is 13.3 Å². The van der Waals surface area contributed by atoms with Gasteiger partial charge >= 0.3 is 0 Å². The largest absolute Gasteiger partial charge is 0.380 e. The Kier molecular flexibility index (Phi) is 14.0. The van der Waals surface area contributed by atoms with Gasteiger partial charge in [-0.25, -0.2) is 0 Å². The lowest BCUT2D eigenvalue weighted by molar-refractivity contribution is 0.136. The van der Waals surface area contributed by atoms with E-state index in [1.54, 1.807) is 0 Å². The molecule has 140 valence electrons. The average Bonchev–Trinajstić information content (AvgIpc) is 2.84. The number of nitrogens with one attached hydrogen (secondary N) is 2. The highest BCUT2D eigenvalue weighted by molar-refractivity contribution is 14.0. The number of aliphatic imine (C=N–C) groups is 1. The average molecular weight is 451 g/mol. The Morgan fingerprint density at radius 3 is 2.62 bits per heavy atom. The molecule has 0 aliphatic rings. The molecule has 0 aliphatic heterocycles. The van der Waals surface area contributed by atoms with E-state index in [2.05, 4.69) is 47.6 Å². The summed E-state index contributed by atoms with van der Waals surface area (Å²) in [6.07, 6.45) is 3.28. The number of aromatic nitrogens is 2. The van der Waals surface area contributed by atoms with Crippen LogP contribution in [-0.2, 0) is 11.3 Å². The van der Waals surface area contributed by atoms with Crippen molar-refractivity contribution in [2.24, 2.45) is 4.99 Å². The van der Waals surface area contributed by atoms with Crippen LogP contribution >= 0.6 is 24.0 Å². The number of unbranched alkanes of at least 4 members (excludes halogenated alkanes) is 1. The molecule has 6 nitrogen and oxygen atoms in total. The second kappa shape index (κ2) is 14.5. The summed E-state index contributed by atoms with van der Waals surface area (Å²) in [6, 6.07) is 2.10. The van der Waals surface area contributed by atoms with Crippen LogP contribution in [0.5, 0.6) is 0 Å². The van der Waals surface area contributed by atoms with E-state index in [1.165, 1.54) is 12.1 Å². The Morgan fingerprint density at radius 1 is 1.21 bits per heavy atom. The summed E-state index contributed by atoms with van der Waals surface area (Å²) in [7, 11) is 0. The van der Waals surface area contributed by atoms with Gasteiger partial charge in [-0.05, 0) is 39.7 Å². The number of aryl methyl sites for hydroxylation is 3. The van der Waals surface area contributed by atoms with E-state index in [4.69, 9.17) is 4.74 Å². The summed E-state index contributed by atoms with van der Waals surface area (Å²) in [6.45, 7) is 13.3. The first-order valence-electron chi connectivity index (χ1n) is 8.78. The van der Waals surface area contributed by atoms with Crippen LogP contribution in [0.1, 0.15) is 44.5 Å². The zero-order valence-corrected chi connectivity index (χ0v) is 17.9. The van der Waals surface area contributed by atoms with Crippen LogP contribution in [0.4, 0.5) is 0 Å². The van der Waals surface area contributed by atoms with Gasteiger partial charge in [-0.15, -0.1) is 24.0 Å². The Labute approximate surface area is 163 Å². The fourth-order valence-corrected chi connectivity index (χ4v) is 2.24. The number of nitrogens with zero attached hydrogens (tertiary/aromatic N) is 3. The van der Waals surface area contributed by atoms with Gasteiger partial charge in [0.1, 0.15) is 0 Å². The summed E-state index contributed by atoms with van der Waals surface area (Å²) >= 11 is 0. The maximum absolute atomic E-state index is 5.54. The fraction of sp³-hybridized carbons (Fsp3) is 0.765. The Balaban J connectivity index is 0.00000529. The number of hydrogen-bond donors (Lipinski definition) is 2. The van der Waals surface area contributed by atoms with E-state index >= 15 is 0 Å². The molecule has 2 N–H and O–H groups in total. The predicted molar refractivity (Wildman–Crippen MR) is 111 cm³/mol. The first-order valence-corrected chi connectivity index (χ1v) is 8.78. The van der Waals surface area contributed by atoms with Crippen LogP contribution in [0, 0.1) is 13.8 Å². The minimum Gasteiger partial charge on any atom is -0.380 e. The summed E-state index contributed by atoms with van der Waals surface area (Å²) in [5.74, 6) is 0.861. The van der Waals surface area contributed by atoms with Crippen LogP contribution in [-0.4, -0.2) is 48.6 Å². The molecule has 0 aromatic carbocycles. The number of guanidine groups is 1. The van der Waals surface area contributed by atoms with Crippen molar-refractivity contribution in [1.82, 2.24) is 20.4 Å². The quantitative estimate of drug-likeness (QED) is 0.235. The van der Waals surface area contributed by atoms with E-state index in [0.29, 0.717) is 0 Å². The Hall–Kier alpha value is -0.830. The Bertz CT molecular complexity index is 462. The molecule has 0 radical (unpaired) electrons. The third kappa shape index (κ3) is 10.1. The van der Waals surface area contributed by atoms with E-state index < -0.39 is 0 Å². The lowest BCUT2D eigenvalue weighted by Gasteiger charge is -2.11. The molecule has 0 bridgehead atoms. The highest BCUT2D eigenvalue weighted by Gasteiger charge is 2.00. The highest BCUT2D eigenvalue weighted by Crippen LogP contribution is 2.02. The highest BCUT2D eigenvalue weighted by atomic mass is 127. The number of hydrogen-bond acceptors (Lipinski definition) is 3. The molecule has 0 unspecified atom stereocenters. The van der Waals surface area contributed by atoms with Gasteiger partial charge in [-0.2, -0.15) is 5.10 Å². The third-order valence-electron chi connectivity index (χ3n) is 3.43. The molecule has 0 spiro atoms. The summed E-state index contributed by atoms with van der Waals surface area (Å²) in [5.41, 5.74) is 2.28. The number of halogens is 1. The van der Waals surface area contributed by atoms with E-state index in [0.717, 1.165) is 63.9 Å². The summed E-state index contributed by atoms with van der Waals surface area (Å²) < 4.78 is 7.59. The van der Waals surface area contributed by atoms with Crippen molar-refractivity contribution in [2.45, 2.75) is 53.5 Å². The molecule has 1 rings (SSSR count). The van der Waals surface area contributed by atoms with Gasteiger partial charge in [0.15, 0.2) is 5.96 Å². The molecule has 1 heterocycles. The molecule has 0 fully saturated rings. The van der Waals surface area contributed by atoms with Crippen molar-refractivity contribution in [3.05, 3.63) is 17.5 Å². The molecular formula is C17H34IN5O. The van der Waals surface area contributed by atoms with Crippen molar-refractivity contribution in [3.63, 3.8) is 0 Å². The Morgan fingerprint density at radius 2 is 2.00 bits per heavy atom. The van der Waals surface area contributed by atoms with Crippen molar-refractivity contribution < 1.29 is 4.74 Å². The minimum absolute atomic E-state index is 0. The zero-order valence-electron chi connectivity index (χ0n) is 15.6. The van der Waals surface area contributed by atoms with Crippen molar-refractivity contribution in [2.75, 3.05) is 32.8 Å². The van der Waals surface area contributed by atoms with Crippen LogP contribution in [0.3, 0.4) is 0 Å². The van der Waals surface area contributed by atoms with E-state index in [9.17, 15) is 0 Å². The second-order valence-corrected chi connectivity index (χ2v) is 5.66. The maximum atomic E-state index is 5.54. The van der Waals surface area contributed by atoms with Gasteiger partial charge in [0.05, 0.1) is 12.3 Å². The van der Waals surface area contributed by atoms with E-state index in [1.807, 2.05) is 11.6 Å². The normalized spacial score (nSPS) is 11.2. The van der Waals surface area contributed by atoms with Crippen LogP contribution in [0.2, 0.25) is 0 Å². The molecule has 1 aromatic heterocycles. The van der Waals surface area contributed by atoms with Crippen molar-refractivity contribution >= 4 is 29.9 Å². The topological polar surface area (TPSA) is 63.5 Å². The van der Waals surface area contributed by atoms with Gasteiger partial charge in [0, 0.05) is 38.5 Å². The van der Waals surface area contributed by atoms with Crippen LogP contribution in [0.25, 0.3) is 0 Å². The first-order chi connectivity index (χ1) is 11.2. The standard InChI is InChI=1S/C17H33N5O.HI/c1-5-7-12-23-13-10-20-17(18-6-2)19-9-8-11-22-16(4)14-15(3)21-22;/h14H,5-13H2,1-4H3,(H2,18,19,20);1H. The molecule has 0 atom stereocenters. The smallest absolute Gasteiger partial charge is 0.191 e. The molecule has 7 heteroatoms. The molecule has 24 heavy (non-hydrogen) atoms. The van der Waals surface area contributed by atoms with Crippen LogP contribution in [0.15, 0.2) is 11.1 Å². The fourth-order valence-electron chi connectivity index (χ4n) is 2.24. The maximum Gasteiger partial charge on any atom is 0.191 e. The van der Waals surface area contributed by atoms with Crippen LogP contribution < -0.4 is 10.6 Å². The summed E-state index contributed by atoms with van der Waals surface area (Å²) in [5, 5.41) is 11.0. The number of rotatable bonds is 11. The summed E-state index contributed by atoms with van der Waals surface area (Å²) in [4.78, 5) is 4.60. The second-order valence-electron chi connectivity index (χ2n) is 5.66. The molecule has 0 saturated heterocycles. The van der Waals surface area contributed by atoms with Gasteiger partial charge in [0.2, 0.25) is 0 Å². The number of ether oxygens (including phenoxy) is 1. The minimum atomic E-state index is 0. The molecular weight excluding hydrogens is 417 g/mol. The van der Waals surface area contributed by atoms with E-state index in [-0.39, 0.29) is 24.0 Å². The monoisotopic (exact) mass is 451 g/mol. The predicted octanol–water partition coefficient (Wildman–Crippen LogP) is 2.88. The zero-order chi connectivity index (χ0) is 16.9. The van der Waals surface area contributed by atoms with Gasteiger partial charge in [0.25, 0.3) is 0 Å². The molecule has 1 aromatic rings. The molecule has 0 saturated carbocycles. The molecule has 0 aliphatic carbocycles. The van der Waals surface area contributed by atoms with Gasteiger partial charge < -0.3 is 15.4 Å². The lowest BCUT2D eigenvalue weighted by atomic mass is 10.4. The van der Waals surface area contributed by atoms with Crippen molar-refractivity contribution in [1.29, 1.82) is 0 Å². The third-order valence-corrected chi connectivity index (χ3v) is 3.43. The first kappa shape index (κ1) is 23.2. The lowest BCUT2D eigenvalue weighted by Crippen LogP contribution is -2.39. The SMILES string of the molecule is CCCCOCCNC(=NCCCn1nc(C)cc1C)NCC.I.